The topological polar surface area (TPSA) is 78.9 Å². The van der Waals surface area contributed by atoms with E-state index in [0.717, 1.165) is 12.8 Å². The number of carboxylic acid groups (broad SMARTS) is 1. The Labute approximate surface area is 123 Å². The van der Waals surface area contributed by atoms with E-state index in [2.05, 4.69) is 5.32 Å². The van der Waals surface area contributed by atoms with Crippen LogP contribution in [-0.2, 0) is 9.53 Å². The summed E-state index contributed by atoms with van der Waals surface area (Å²) in [6.07, 6.45) is 2.16. The molecule has 2 rings (SSSR count). The molecule has 2 atom stereocenters. The van der Waals surface area contributed by atoms with Crippen molar-refractivity contribution in [3.63, 3.8) is 0 Å². The number of rotatable bonds is 5. The minimum absolute atomic E-state index is 0.00514. The number of urea groups is 1. The summed E-state index contributed by atoms with van der Waals surface area (Å²) in [6, 6.07) is -1.04. The van der Waals surface area contributed by atoms with E-state index in [1.807, 2.05) is 13.8 Å². The Balaban J connectivity index is 2.08. The van der Waals surface area contributed by atoms with Gasteiger partial charge in [-0.3, -0.25) is 4.90 Å². The molecule has 1 saturated heterocycles. The molecular weight excluding hydrogens is 280 g/mol. The molecule has 0 radical (unpaired) electrons. The van der Waals surface area contributed by atoms with Crippen molar-refractivity contribution in [1.29, 1.82) is 0 Å². The molecule has 1 saturated carbocycles. The molecular formula is C13H22N2O4S. The van der Waals surface area contributed by atoms with Gasteiger partial charge in [-0.1, -0.05) is 0 Å². The van der Waals surface area contributed by atoms with Gasteiger partial charge in [-0.15, -0.1) is 11.8 Å². The van der Waals surface area contributed by atoms with E-state index < -0.39 is 17.6 Å². The van der Waals surface area contributed by atoms with Crippen molar-refractivity contribution in [2.24, 2.45) is 5.92 Å². The monoisotopic (exact) mass is 302 g/mol. The fourth-order valence-corrected chi connectivity index (χ4v) is 4.10. The van der Waals surface area contributed by atoms with Crippen molar-refractivity contribution >= 4 is 23.8 Å². The molecule has 0 aromatic rings. The minimum atomic E-state index is -0.930. The predicted molar refractivity (Wildman–Crippen MR) is 76.7 cm³/mol. The van der Waals surface area contributed by atoms with Crippen molar-refractivity contribution in [3.8, 4) is 0 Å². The van der Waals surface area contributed by atoms with Gasteiger partial charge in [0, 0.05) is 12.9 Å². The molecule has 1 heterocycles. The number of nitrogens with one attached hydrogen (secondary N) is 1. The summed E-state index contributed by atoms with van der Waals surface area (Å²) in [5, 5.41) is 12.2. The van der Waals surface area contributed by atoms with Crippen molar-refractivity contribution in [2.75, 3.05) is 19.5 Å². The normalized spacial score (nSPS) is 26.6. The molecule has 0 spiro atoms. The second-order valence-electron chi connectivity index (χ2n) is 6.07. The highest BCUT2D eigenvalue weighted by Crippen LogP contribution is 2.45. The number of carbonyl (C=O) groups is 2. The molecule has 0 aromatic heterocycles. The molecule has 1 aliphatic heterocycles. The predicted octanol–water partition coefficient (Wildman–Crippen LogP) is 1.36. The maximum atomic E-state index is 12.5. The highest BCUT2D eigenvalue weighted by atomic mass is 32.2. The van der Waals surface area contributed by atoms with Crippen LogP contribution in [0.1, 0.15) is 26.7 Å². The molecule has 2 N–H and O–H groups in total. The first-order chi connectivity index (χ1) is 9.35. The van der Waals surface area contributed by atoms with Gasteiger partial charge in [-0.05, 0) is 32.6 Å². The molecule has 2 fully saturated rings. The van der Waals surface area contributed by atoms with Crippen LogP contribution in [0.3, 0.4) is 0 Å². The number of hydrogen-bond acceptors (Lipinski definition) is 4. The molecule has 0 bridgehead atoms. The first-order valence-electron chi connectivity index (χ1n) is 6.79. The Morgan fingerprint density at radius 1 is 1.45 bits per heavy atom. The van der Waals surface area contributed by atoms with Crippen LogP contribution >= 0.6 is 11.8 Å². The smallest absolute Gasteiger partial charge is 0.327 e. The van der Waals surface area contributed by atoms with E-state index >= 15 is 0 Å². The van der Waals surface area contributed by atoms with Gasteiger partial charge in [0.15, 0.2) is 0 Å². The maximum absolute atomic E-state index is 12.5. The molecule has 6 nitrogen and oxygen atoms in total. The van der Waals surface area contributed by atoms with Crippen LogP contribution in [0.5, 0.6) is 0 Å². The van der Waals surface area contributed by atoms with Crippen LogP contribution in [0.2, 0.25) is 0 Å². The van der Waals surface area contributed by atoms with E-state index in [0.29, 0.717) is 18.3 Å². The quantitative estimate of drug-likeness (QED) is 0.801. The van der Waals surface area contributed by atoms with Crippen LogP contribution in [0, 0.1) is 5.92 Å². The zero-order valence-electron chi connectivity index (χ0n) is 12.1. The first kappa shape index (κ1) is 15.4. The molecule has 7 heteroatoms. The van der Waals surface area contributed by atoms with Gasteiger partial charge in [0.2, 0.25) is 0 Å². The average molecular weight is 302 g/mol. The van der Waals surface area contributed by atoms with Crippen molar-refractivity contribution in [2.45, 2.75) is 43.6 Å². The summed E-state index contributed by atoms with van der Waals surface area (Å²) in [6.45, 7) is 4.10. The van der Waals surface area contributed by atoms with Gasteiger partial charge in [0.05, 0.1) is 17.5 Å². The van der Waals surface area contributed by atoms with Crippen molar-refractivity contribution < 1.29 is 19.4 Å². The largest absolute Gasteiger partial charge is 0.480 e. The van der Waals surface area contributed by atoms with E-state index in [1.165, 1.54) is 4.90 Å². The molecule has 20 heavy (non-hydrogen) atoms. The molecule has 2 aliphatic rings. The Morgan fingerprint density at radius 3 is 2.60 bits per heavy atom. The summed E-state index contributed by atoms with van der Waals surface area (Å²) in [7, 11) is 1.58. The molecule has 2 unspecified atom stereocenters. The highest BCUT2D eigenvalue weighted by molar-refractivity contribution is 8.00. The molecule has 2 amide bonds. The number of aliphatic carboxylic acids is 1. The van der Waals surface area contributed by atoms with Gasteiger partial charge in [0.25, 0.3) is 0 Å². The fraction of sp³-hybridized carbons (Fsp3) is 0.846. The van der Waals surface area contributed by atoms with Crippen LogP contribution in [0.4, 0.5) is 4.79 Å². The Kier molecular flexibility index (Phi) is 4.49. The minimum Gasteiger partial charge on any atom is -0.480 e. The summed E-state index contributed by atoms with van der Waals surface area (Å²) in [4.78, 5) is 25.3. The lowest BCUT2D eigenvalue weighted by molar-refractivity contribution is -0.141. The lowest BCUT2D eigenvalue weighted by Crippen LogP contribution is -2.57. The third-order valence-electron chi connectivity index (χ3n) is 3.53. The van der Waals surface area contributed by atoms with Crippen molar-refractivity contribution in [3.05, 3.63) is 0 Å². The first-order valence-corrected chi connectivity index (χ1v) is 7.84. The van der Waals surface area contributed by atoms with Gasteiger partial charge in [-0.25, -0.2) is 9.59 Å². The number of hydrogen-bond donors (Lipinski definition) is 2. The van der Waals surface area contributed by atoms with E-state index in [-0.39, 0.29) is 11.4 Å². The molecule has 0 aromatic carbocycles. The van der Waals surface area contributed by atoms with Crippen LogP contribution in [-0.4, -0.2) is 58.4 Å². The van der Waals surface area contributed by atoms with Crippen LogP contribution < -0.4 is 5.32 Å². The lowest BCUT2D eigenvalue weighted by Gasteiger charge is -2.33. The second-order valence-corrected chi connectivity index (χ2v) is 7.22. The van der Waals surface area contributed by atoms with E-state index in [4.69, 9.17) is 4.74 Å². The second kappa shape index (κ2) is 5.81. The summed E-state index contributed by atoms with van der Waals surface area (Å²) in [5.41, 5.74) is -0.518. The third kappa shape index (κ3) is 3.38. The number of thioether (sulfide) groups is 1. The molecule has 114 valence electrons. The fourth-order valence-electron chi connectivity index (χ4n) is 2.47. The van der Waals surface area contributed by atoms with Gasteiger partial charge >= 0.3 is 12.0 Å². The Morgan fingerprint density at radius 2 is 2.10 bits per heavy atom. The number of ether oxygens (including phenoxy) is 1. The van der Waals surface area contributed by atoms with Crippen molar-refractivity contribution in [1.82, 2.24) is 10.2 Å². The number of amides is 2. The zero-order valence-corrected chi connectivity index (χ0v) is 12.9. The van der Waals surface area contributed by atoms with Crippen LogP contribution in [0.25, 0.3) is 0 Å². The highest BCUT2D eigenvalue weighted by Gasteiger charge is 2.48. The van der Waals surface area contributed by atoms with Crippen LogP contribution in [0.15, 0.2) is 0 Å². The zero-order chi connectivity index (χ0) is 14.9. The standard InChI is InChI=1S/C13H22N2O4S/c1-13(2,7-19-3)14-12(18)15-9(11(16)17)6-20-10(15)8-4-5-8/h8-10H,4-7H2,1-3H3,(H,14,18)(H,16,17). The molecule has 1 aliphatic carbocycles. The van der Waals surface area contributed by atoms with E-state index in [1.54, 1.807) is 18.9 Å². The summed E-state index contributed by atoms with van der Waals surface area (Å²) >= 11 is 1.58. The van der Waals surface area contributed by atoms with Gasteiger partial charge < -0.3 is 15.2 Å². The summed E-state index contributed by atoms with van der Waals surface area (Å²) in [5.74, 6) is -0.0183. The number of nitrogens with zero attached hydrogens (tertiary/aromatic N) is 1. The Hall–Kier alpha value is -0.950. The van der Waals surface area contributed by atoms with Gasteiger partial charge in [0.1, 0.15) is 6.04 Å². The SMILES string of the molecule is COCC(C)(C)NC(=O)N1C(C(=O)O)CSC1C1CC1. The number of carboxylic acids is 1. The lowest BCUT2D eigenvalue weighted by atomic mass is 10.1. The summed E-state index contributed by atoms with van der Waals surface area (Å²) < 4.78 is 5.08. The van der Waals surface area contributed by atoms with E-state index in [9.17, 15) is 14.7 Å². The van der Waals surface area contributed by atoms with Gasteiger partial charge in [-0.2, -0.15) is 0 Å². The number of carbonyl (C=O) groups excluding carboxylic acids is 1. The Bertz CT molecular complexity index is 398. The third-order valence-corrected chi connectivity index (χ3v) is 4.99. The maximum Gasteiger partial charge on any atom is 0.327 e. The number of methoxy groups -OCH3 is 1. The average Bonchev–Trinajstić information content (AvgIpc) is 3.06.